The van der Waals surface area contributed by atoms with Crippen molar-refractivity contribution >= 4 is 7.82 Å². The summed E-state index contributed by atoms with van der Waals surface area (Å²) in [5.74, 6) is 0. The van der Waals surface area contributed by atoms with Gasteiger partial charge in [0.2, 0.25) is 0 Å². The Morgan fingerprint density at radius 1 is 0.875 bits per heavy atom. The van der Waals surface area contributed by atoms with Gasteiger partial charge >= 0.3 is 7.82 Å². The first-order valence-corrected chi connectivity index (χ1v) is 7.59. The first-order valence-electron chi connectivity index (χ1n) is 6.13. The molecule has 0 aliphatic heterocycles. The van der Waals surface area contributed by atoms with Crippen LogP contribution in [0.5, 0.6) is 0 Å². The van der Waals surface area contributed by atoms with Gasteiger partial charge in [0.15, 0.2) is 0 Å². The summed E-state index contributed by atoms with van der Waals surface area (Å²) in [5, 5.41) is 0. The third kappa shape index (κ3) is 8.28. The summed E-state index contributed by atoms with van der Waals surface area (Å²) >= 11 is 0. The highest BCUT2D eigenvalue weighted by molar-refractivity contribution is 7.48. The third-order valence-corrected chi connectivity index (χ3v) is 3.66. The second-order valence-electron chi connectivity index (χ2n) is 3.71. The van der Waals surface area contributed by atoms with Crippen molar-refractivity contribution in [2.45, 2.75) is 52.4 Å². The van der Waals surface area contributed by atoms with E-state index in [9.17, 15) is 4.57 Å². The van der Waals surface area contributed by atoms with Crippen LogP contribution in [0.25, 0.3) is 0 Å². The molecule has 16 heavy (non-hydrogen) atoms. The van der Waals surface area contributed by atoms with Crippen LogP contribution in [0, 0.1) is 0 Å². The summed E-state index contributed by atoms with van der Waals surface area (Å²) in [5.41, 5.74) is 0. The van der Waals surface area contributed by atoms with Gasteiger partial charge in [0.05, 0.1) is 13.2 Å². The molecule has 0 amide bonds. The molecule has 0 saturated carbocycles. The van der Waals surface area contributed by atoms with E-state index in [2.05, 4.69) is 13.8 Å². The third-order valence-electron chi connectivity index (χ3n) is 2.22. The summed E-state index contributed by atoms with van der Waals surface area (Å²) in [6.45, 7) is 5.09. The minimum absolute atomic E-state index is 0.437. The van der Waals surface area contributed by atoms with Crippen LogP contribution >= 0.6 is 7.82 Å². The van der Waals surface area contributed by atoms with Crippen LogP contribution in [0.2, 0.25) is 0 Å². The average Bonchev–Trinajstić information content (AvgIpc) is 2.31. The van der Waals surface area contributed by atoms with E-state index in [1.54, 1.807) is 0 Å². The Hall–Kier alpha value is 0.110. The Bertz CT molecular complexity index is 180. The van der Waals surface area contributed by atoms with Crippen LogP contribution in [-0.4, -0.2) is 20.3 Å². The maximum Gasteiger partial charge on any atom is 0.474 e. The second-order valence-corrected chi connectivity index (χ2v) is 5.49. The van der Waals surface area contributed by atoms with Crippen LogP contribution < -0.4 is 0 Å². The summed E-state index contributed by atoms with van der Waals surface area (Å²) in [7, 11) is -1.92. The molecule has 0 heterocycles. The molecule has 0 N–H and O–H groups in total. The van der Waals surface area contributed by atoms with E-state index in [0.717, 1.165) is 38.5 Å². The fourth-order valence-electron chi connectivity index (χ4n) is 1.20. The number of hydrogen-bond donors (Lipinski definition) is 0. The molecule has 0 aliphatic rings. The first-order chi connectivity index (χ1) is 7.68. The lowest BCUT2D eigenvalue weighted by atomic mass is 10.3. The SMILES string of the molecule is CCCCCOP(=O)(OC)OCCCCC. The first kappa shape index (κ1) is 16.1. The zero-order chi connectivity index (χ0) is 12.3. The normalized spacial score (nSPS) is 11.9. The van der Waals surface area contributed by atoms with Gasteiger partial charge in [-0.15, -0.1) is 0 Å². The highest BCUT2D eigenvalue weighted by Crippen LogP contribution is 2.48. The maximum absolute atomic E-state index is 11.8. The Balaban J connectivity index is 3.69. The lowest BCUT2D eigenvalue weighted by molar-refractivity contribution is 0.128. The zero-order valence-electron chi connectivity index (χ0n) is 10.7. The van der Waals surface area contributed by atoms with E-state index in [4.69, 9.17) is 13.6 Å². The van der Waals surface area contributed by atoms with E-state index in [1.807, 2.05) is 0 Å². The van der Waals surface area contributed by atoms with Crippen LogP contribution in [0.3, 0.4) is 0 Å². The van der Waals surface area contributed by atoms with Crippen molar-refractivity contribution in [3.63, 3.8) is 0 Å². The van der Waals surface area contributed by atoms with Crippen molar-refractivity contribution in [2.24, 2.45) is 0 Å². The van der Waals surface area contributed by atoms with E-state index < -0.39 is 7.82 Å². The number of phosphoric acid groups is 1. The number of rotatable bonds is 11. The monoisotopic (exact) mass is 252 g/mol. The fraction of sp³-hybridized carbons (Fsp3) is 1.00. The van der Waals surface area contributed by atoms with Gasteiger partial charge < -0.3 is 0 Å². The molecule has 4 nitrogen and oxygen atoms in total. The number of unbranched alkanes of at least 4 members (excludes halogenated alkanes) is 4. The van der Waals surface area contributed by atoms with Gasteiger partial charge in [-0.2, -0.15) is 0 Å². The van der Waals surface area contributed by atoms with Crippen molar-refractivity contribution in [3.05, 3.63) is 0 Å². The minimum atomic E-state index is -3.28. The van der Waals surface area contributed by atoms with Crippen LogP contribution in [0.1, 0.15) is 52.4 Å². The molecule has 0 radical (unpaired) electrons. The summed E-state index contributed by atoms with van der Waals surface area (Å²) in [4.78, 5) is 0. The fourth-order valence-corrected chi connectivity index (χ4v) is 2.19. The Labute approximate surface area is 99.3 Å². The molecule has 0 aliphatic carbocycles. The molecule has 0 bridgehead atoms. The molecule has 0 rings (SSSR count). The molecule has 0 atom stereocenters. The lowest BCUT2D eigenvalue weighted by Gasteiger charge is -2.15. The molecule has 0 spiro atoms. The maximum atomic E-state index is 11.8. The molecule has 5 heteroatoms. The van der Waals surface area contributed by atoms with Gasteiger partial charge in [-0.1, -0.05) is 39.5 Å². The summed E-state index contributed by atoms with van der Waals surface area (Å²) < 4.78 is 27.0. The predicted molar refractivity (Wildman–Crippen MR) is 65.6 cm³/mol. The van der Waals surface area contributed by atoms with Gasteiger partial charge in [0.25, 0.3) is 0 Å². The van der Waals surface area contributed by atoms with Crippen molar-refractivity contribution in [3.8, 4) is 0 Å². The second kappa shape index (κ2) is 10.3. The van der Waals surface area contributed by atoms with E-state index in [1.165, 1.54) is 7.11 Å². The Kier molecular flexibility index (Phi) is 10.3. The van der Waals surface area contributed by atoms with E-state index in [0.29, 0.717) is 13.2 Å². The van der Waals surface area contributed by atoms with Gasteiger partial charge in [-0.3, -0.25) is 13.6 Å². The molecule has 0 aromatic rings. The summed E-state index contributed by atoms with van der Waals surface area (Å²) in [6.07, 6.45) is 6.14. The quantitative estimate of drug-likeness (QED) is 0.409. The van der Waals surface area contributed by atoms with Crippen molar-refractivity contribution in [1.82, 2.24) is 0 Å². The molecule has 0 fully saturated rings. The molecule has 0 unspecified atom stereocenters. The summed E-state index contributed by atoms with van der Waals surface area (Å²) in [6, 6.07) is 0. The van der Waals surface area contributed by atoms with E-state index >= 15 is 0 Å². The van der Waals surface area contributed by atoms with Gasteiger partial charge in [-0.25, -0.2) is 4.57 Å². The van der Waals surface area contributed by atoms with Gasteiger partial charge in [0, 0.05) is 7.11 Å². The highest BCUT2D eigenvalue weighted by atomic mass is 31.2. The largest absolute Gasteiger partial charge is 0.474 e. The highest BCUT2D eigenvalue weighted by Gasteiger charge is 2.23. The Morgan fingerprint density at radius 2 is 1.31 bits per heavy atom. The van der Waals surface area contributed by atoms with Crippen LogP contribution in [-0.2, 0) is 18.1 Å². The zero-order valence-corrected chi connectivity index (χ0v) is 11.6. The van der Waals surface area contributed by atoms with Crippen LogP contribution in [0.15, 0.2) is 0 Å². The minimum Gasteiger partial charge on any atom is -0.290 e. The van der Waals surface area contributed by atoms with Crippen molar-refractivity contribution < 1.29 is 18.1 Å². The van der Waals surface area contributed by atoms with E-state index in [-0.39, 0.29) is 0 Å². The van der Waals surface area contributed by atoms with Crippen molar-refractivity contribution in [2.75, 3.05) is 20.3 Å². The smallest absolute Gasteiger partial charge is 0.290 e. The predicted octanol–water partition coefficient (Wildman–Crippen LogP) is 4.15. The van der Waals surface area contributed by atoms with Crippen molar-refractivity contribution in [1.29, 1.82) is 0 Å². The van der Waals surface area contributed by atoms with Crippen LogP contribution in [0.4, 0.5) is 0 Å². The Morgan fingerprint density at radius 3 is 1.62 bits per heavy atom. The topological polar surface area (TPSA) is 44.8 Å². The molecule has 0 saturated heterocycles. The number of phosphoric ester groups is 1. The molecule has 0 aromatic carbocycles. The molecular formula is C11H25O4P. The molecule has 0 aromatic heterocycles. The standard InChI is InChI=1S/C11H25O4P/c1-4-6-8-10-14-16(12,13-3)15-11-9-7-5-2/h4-11H2,1-3H3. The van der Waals surface area contributed by atoms with Gasteiger partial charge in [0.1, 0.15) is 0 Å². The van der Waals surface area contributed by atoms with Gasteiger partial charge in [-0.05, 0) is 12.8 Å². The molecular weight excluding hydrogens is 227 g/mol. The number of hydrogen-bond acceptors (Lipinski definition) is 4. The molecule has 98 valence electrons. The lowest BCUT2D eigenvalue weighted by Crippen LogP contribution is -2.01. The average molecular weight is 252 g/mol.